The summed E-state index contributed by atoms with van der Waals surface area (Å²) < 4.78 is 4.22. The van der Waals surface area contributed by atoms with Crippen molar-refractivity contribution in [2.45, 2.75) is 24.4 Å². The second kappa shape index (κ2) is 6.88. The Hall–Kier alpha value is -0.505. The average molecular weight is 207 g/mol. The van der Waals surface area contributed by atoms with Gasteiger partial charge >= 0.3 is 7.69 Å². The van der Waals surface area contributed by atoms with E-state index in [2.05, 4.69) is 4.65 Å². The second-order valence-electron chi connectivity index (χ2n) is 2.61. The Morgan fingerprint density at radius 3 is 2.21 bits per heavy atom. The van der Waals surface area contributed by atoms with Crippen LogP contribution >= 0.6 is 0 Å². The molecular formula is C6H12BO7. The van der Waals surface area contributed by atoms with Crippen LogP contribution in [0.2, 0.25) is 0 Å². The number of aldehydes is 1. The smallest absolute Gasteiger partial charge is 0.429 e. The summed E-state index contributed by atoms with van der Waals surface area (Å²) in [6.07, 6.45) is -6.82. The predicted octanol–water partition coefficient (Wildman–Crippen LogP) is -3.83. The van der Waals surface area contributed by atoms with E-state index < -0.39 is 31.0 Å². The van der Waals surface area contributed by atoms with Crippen molar-refractivity contribution in [2.75, 3.05) is 6.61 Å². The van der Waals surface area contributed by atoms with Crippen molar-refractivity contribution in [1.29, 1.82) is 0 Å². The Balaban J connectivity index is 4.02. The predicted molar refractivity (Wildman–Crippen MR) is 44.0 cm³/mol. The van der Waals surface area contributed by atoms with Crippen LogP contribution in [0.5, 0.6) is 0 Å². The van der Waals surface area contributed by atoms with E-state index in [-0.39, 0.29) is 6.29 Å². The second-order valence-corrected chi connectivity index (χ2v) is 2.61. The molecule has 0 bridgehead atoms. The van der Waals surface area contributed by atoms with Gasteiger partial charge in [0.2, 0.25) is 0 Å². The highest BCUT2D eigenvalue weighted by molar-refractivity contribution is 6.15. The van der Waals surface area contributed by atoms with Gasteiger partial charge in [-0.25, -0.2) is 0 Å². The van der Waals surface area contributed by atoms with Crippen molar-refractivity contribution in [1.82, 2.24) is 0 Å². The summed E-state index contributed by atoms with van der Waals surface area (Å²) in [6.45, 7) is -0.472. The summed E-state index contributed by atoms with van der Waals surface area (Å²) in [7, 11) is 0.304. The SMILES string of the molecule is O=C[C@H](O)[C@@H](O)[C@H](O)[C@H](O)CO[B]O. The lowest BCUT2D eigenvalue weighted by Crippen LogP contribution is -2.46. The van der Waals surface area contributed by atoms with Crippen LogP contribution in [-0.4, -0.2) is 70.4 Å². The molecule has 8 heteroatoms. The lowest BCUT2D eigenvalue weighted by atomic mass is 10.0. The van der Waals surface area contributed by atoms with Gasteiger partial charge in [0.05, 0.1) is 6.61 Å². The Labute approximate surface area is 80.9 Å². The van der Waals surface area contributed by atoms with E-state index in [0.29, 0.717) is 7.69 Å². The molecule has 0 saturated carbocycles. The van der Waals surface area contributed by atoms with Gasteiger partial charge < -0.3 is 34.9 Å². The lowest BCUT2D eigenvalue weighted by molar-refractivity contribution is -0.135. The van der Waals surface area contributed by atoms with Gasteiger partial charge in [-0.3, -0.25) is 0 Å². The van der Waals surface area contributed by atoms with Crippen LogP contribution in [0.25, 0.3) is 0 Å². The fourth-order valence-electron chi connectivity index (χ4n) is 0.750. The standard InChI is InChI=1S/C6H12BO7/c8-1-3(9)5(11)6(12)4(10)2-14-7-13/h1,3-6,9-13H,2H2/t3-,4+,5+,6+/m0/s1. The number of rotatable bonds is 7. The third kappa shape index (κ3) is 4.14. The Morgan fingerprint density at radius 1 is 1.21 bits per heavy atom. The molecule has 0 aromatic carbocycles. The molecule has 0 aromatic heterocycles. The number of aliphatic hydroxyl groups excluding tert-OH is 4. The number of aliphatic hydroxyl groups is 4. The molecule has 0 fully saturated rings. The molecule has 4 atom stereocenters. The molecular weight excluding hydrogens is 195 g/mol. The van der Waals surface area contributed by atoms with Gasteiger partial charge in [-0.05, 0) is 0 Å². The topological polar surface area (TPSA) is 127 Å². The normalized spacial score (nSPS) is 19.5. The van der Waals surface area contributed by atoms with E-state index in [4.69, 9.17) is 25.5 Å². The van der Waals surface area contributed by atoms with Gasteiger partial charge in [-0.1, -0.05) is 0 Å². The first-order chi connectivity index (χ1) is 6.54. The average Bonchev–Trinajstić information content (AvgIpc) is 2.22. The van der Waals surface area contributed by atoms with Gasteiger partial charge in [0.15, 0.2) is 6.29 Å². The van der Waals surface area contributed by atoms with Crippen LogP contribution in [0.4, 0.5) is 0 Å². The summed E-state index contributed by atoms with van der Waals surface area (Å²) in [5, 5.41) is 44.1. The molecule has 0 aliphatic rings. The van der Waals surface area contributed by atoms with E-state index in [1.165, 1.54) is 0 Å². The minimum absolute atomic E-state index is 0.0274. The molecule has 0 aliphatic carbocycles. The zero-order valence-corrected chi connectivity index (χ0v) is 7.22. The first-order valence-corrected chi connectivity index (χ1v) is 3.79. The zero-order chi connectivity index (χ0) is 11.1. The summed E-state index contributed by atoms with van der Waals surface area (Å²) in [5.74, 6) is 0. The van der Waals surface area contributed by atoms with Crippen LogP contribution in [0, 0.1) is 0 Å². The Morgan fingerprint density at radius 2 is 1.79 bits per heavy atom. The van der Waals surface area contributed by atoms with Gasteiger partial charge in [-0.2, -0.15) is 0 Å². The molecule has 0 aliphatic heterocycles. The van der Waals surface area contributed by atoms with Crippen LogP contribution < -0.4 is 0 Å². The number of carbonyl (C=O) groups excluding carboxylic acids is 1. The molecule has 5 N–H and O–H groups in total. The number of hydrogen-bond donors (Lipinski definition) is 5. The third-order valence-corrected chi connectivity index (χ3v) is 1.57. The molecule has 81 valence electrons. The van der Waals surface area contributed by atoms with Crippen molar-refractivity contribution in [3.8, 4) is 0 Å². The highest BCUT2D eigenvalue weighted by Gasteiger charge is 2.29. The molecule has 0 spiro atoms. The molecule has 14 heavy (non-hydrogen) atoms. The Kier molecular flexibility index (Phi) is 6.63. The number of carbonyl (C=O) groups is 1. The third-order valence-electron chi connectivity index (χ3n) is 1.57. The maximum Gasteiger partial charge on any atom is 0.485 e. The fraction of sp³-hybridized carbons (Fsp3) is 0.833. The highest BCUT2D eigenvalue weighted by Crippen LogP contribution is 2.04. The molecule has 7 nitrogen and oxygen atoms in total. The minimum atomic E-state index is -1.80. The first-order valence-electron chi connectivity index (χ1n) is 3.79. The van der Waals surface area contributed by atoms with Crippen molar-refractivity contribution in [3.05, 3.63) is 0 Å². The monoisotopic (exact) mass is 207 g/mol. The van der Waals surface area contributed by atoms with E-state index in [1.54, 1.807) is 0 Å². The molecule has 0 aromatic rings. The first kappa shape index (κ1) is 13.5. The van der Waals surface area contributed by atoms with Crippen molar-refractivity contribution in [3.63, 3.8) is 0 Å². The quantitative estimate of drug-likeness (QED) is 0.213. The molecule has 0 rings (SSSR count). The van der Waals surface area contributed by atoms with E-state index in [1.807, 2.05) is 0 Å². The molecule has 0 amide bonds. The van der Waals surface area contributed by atoms with E-state index in [9.17, 15) is 4.79 Å². The zero-order valence-electron chi connectivity index (χ0n) is 7.22. The van der Waals surface area contributed by atoms with Crippen molar-refractivity contribution in [2.24, 2.45) is 0 Å². The van der Waals surface area contributed by atoms with E-state index in [0.717, 1.165) is 0 Å². The maximum atomic E-state index is 10.0. The van der Waals surface area contributed by atoms with Gasteiger partial charge in [-0.15, -0.1) is 0 Å². The molecule has 0 heterocycles. The molecule has 0 unspecified atom stereocenters. The van der Waals surface area contributed by atoms with Gasteiger partial charge in [0.1, 0.15) is 24.4 Å². The van der Waals surface area contributed by atoms with Crippen molar-refractivity contribution < 1.29 is 34.9 Å². The maximum absolute atomic E-state index is 10.0. The lowest BCUT2D eigenvalue weighted by Gasteiger charge is -2.23. The summed E-state index contributed by atoms with van der Waals surface area (Å²) in [4.78, 5) is 10.0. The largest absolute Gasteiger partial charge is 0.485 e. The number of hydrogen-bond acceptors (Lipinski definition) is 7. The molecule has 0 saturated heterocycles. The van der Waals surface area contributed by atoms with Crippen LogP contribution in [0.1, 0.15) is 0 Å². The minimum Gasteiger partial charge on any atom is -0.429 e. The van der Waals surface area contributed by atoms with Crippen LogP contribution in [0.15, 0.2) is 0 Å². The Bertz CT molecular complexity index is 166. The van der Waals surface area contributed by atoms with E-state index >= 15 is 0 Å². The van der Waals surface area contributed by atoms with Crippen LogP contribution in [-0.2, 0) is 9.45 Å². The fourth-order valence-corrected chi connectivity index (χ4v) is 0.750. The van der Waals surface area contributed by atoms with Crippen molar-refractivity contribution >= 4 is 14.0 Å². The summed E-state index contributed by atoms with van der Waals surface area (Å²) in [5.41, 5.74) is 0. The summed E-state index contributed by atoms with van der Waals surface area (Å²) in [6, 6.07) is 0. The van der Waals surface area contributed by atoms with Gasteiger partial charge in [0.25, 0.3) is 0 Å². The van der Waals surface area contributed by atoms with Crippen LogP contribution in [0.3, 0.4) is 0 Å². The highest BCUT2D eigenvalue weighted by atomic mass is 16.5. The summed E-state index contributed by atoms with van der Waals surface area (Å²) >= 11 is 0. The van der Waals surface area contributed by atoms with Gasteiger partial charge in [0, 0.05) is 0 Å². The molecule has 1 radical (unpaired) electrons.